The van der Waals surface area contributed by atoms with Gasteiger partial charge in [-0.1, -0.05) is 146 Å². The lowest BCUT2D eigenvalue weighted by molar-refractivity contribution is 0.998. The minimum absolute atomic E-state index is 0.651. The average Bonchev–Trinajstić information content (AvgIpc) is 3.95. The zero-order chi connectivity index (χ0) is 38.6. The number of fused-ring (bicyclic) bond motifs is 13. The molecule has 59 heavy (non-hydrogen) atoms. The van der Waals surface area contributed by atoms with Gasteiger partial charge in [0.15, 0.2) is 0 Å². The highest BCUT2D eigenvalue weighted by Crippen LogP contribution is 2.46. The second kappa shape index (κ2) is 12.4. The molecule has 13 aromatic rings. The summed E-state index contributed by atoms with van der Waals surface area (Å²) in [5.41, 5.74) is 9.64. The van der Waals surface area contributed by atoms with Gasteiger partial charge in [0.1, 0.15) is 0 Å². The molecule has 0 saturated heterocycles. The van der Waals surface area contributed by atoms with Crippen LogP contribution in [0.25, 0.3) is 119 Å². The fraction of sp³-hybridized carbons (Fsp3) is 0. The summed E-state index contributed by atoms with van der Waals surface area (Å²) in [5.74, 6) is 0.651. The summed E-state index contributed by atoms with van der Waals surface area (Å²) in [6.07, 6.45) is 0. The Hall–Kier alpha value is -7.60. The van der Waals surface area contributed by atoms with Crippen LogP contribution in [-0.2, 0) is 0 Å². The van der Waals surface area contributed by atoms with E-state index in [-0.39, 0.29) is 0 Å². The molecule has 0 spiro atoms. The molecular weight excluding hydrogens is 737 g/mol. The molecule has 0 unspecified atom stereocenters. The molecule has 0 N–H and O–H groups in total. The molecule has 0 aliphatic heterocycles. The van der Waals surface area contributed by atoms with Crippen LogP contribution >= 0.6 is 11.3 Å². The normalized spacial score (nSPS) is 12.1. The molecule has 0 atom stereocenters. The lowest BCUT2D eigenvalue weighted by atomic mass is 10.0. The maximum atomic E-state index is 5.46. The molecule has 0 saturated carbocycles. The Morgan fingerprint density at radius 2 is 1.02 bits per heavy atom. The zero-order valence-electron chi connectivity index (χ0n) is 31.7. The van der Waals surface area contributed by atoms with Gasteiger partial charge in [-0.3, -0.25) is 4.57 Å². The van der Waals surface area contributed by atoms with Crippen LogP contribution in [0.4, 0.5) is 0 Å². The number of hydrogen-bond acceptors (Lipinski definition) is 3. The summed E-state index contributed by atoms with van der Waals surface area (Å²) in [6, 6.07) is 70.0. The first kappa shape index (κ1) is 32.5. The number of nitrogens with zero attached hydrogens (tertiary/aromatic N) is 4. The van der Waals surface area contributed by atoms with Gasteiger partial charge in [0, 0.05) is 63.9 Å². The quantitative estimate of drug-likeness (QED) is 0.179. The summed E-state index contributed by atoms with van der Waals surface area (Å²) in [6.45, 7) is 0. The summed E-state index contributed by atoms with van der Waals surface area (Å²) >= 11 is 1.86. The smallest absolute Gasteiger partial charge is 0.235 e. The highest BCUT2D eigenvalue weighted by molar-refractivity contribution is 7.26. The number of thiophene rings is 1. The second-order valence-corrected chi connectivity index (χ2v) is 16.5. The van der Waals surface area contributed by atoms with Gasteiger partial charge >= 0.3 is 0 Å². The first-order chi connectivity index (χ1) is 29.2. The molecule has 0 fully saturated rings. The molecule has 0 aliphatic carbocycles. The van der Waals surface area contributed by atoms with Crippen LogP contribution in [0.5, 0.6) is 0 Å². The van der Waals surface area contributed by atoms with E-state index >= 15 is 0 Å². The fourth-order valence-electron chi connectivity index (χ4n) is 9.43. The van der Waals surface area contributed by atoms with E-state index in [0.29, 0.717) is 5.95 Å². The maximum Gasteiger partial charge on any atom is 0.235 e. The van der Waals surface area contributed by atoms with Crippen LogP contribution in [-0.4, -0.2) is 19.1 Å². The van der Waals surface area contributed by atoms with Crippen molar-refractivity contribution in [2.45, 2.75) is 0 Å². The van der Waals surface area contributed by atoms with Gasteiger partial charge in [0.2, 0.25) is 5.95 Å². The van der Waals surface area contributed by atoms with Crippen molar-refractivity contribution in [2.24, 2.45) is 0 Å². The van der Waals surface area contributed by atoms with Crippen LogP contribution < -0.4 is 0 Å². The summed E-state index contributed by atoms with van der Waals surface area (Å²) in [7, 11) is 0. The second-order valence-electron chi connectivity index (χ2n) is 15.4. The largest absolute Gasteiger partial charge is 0.309 e. The third-order valence-electron chi connectivity index (χ3n) is 12.1. The van der Waals surface area contributed by atoms with Crippen LogP contribution in [0.2, 0.25) is 0 Å². The van der Waals surface area contributed by atoms with Crippen molar-refractivity contribution in [2.75, 3.05) is 0 Å². The Balaban J connectivity index is 1.16. The standard InChI is InChI=1S/C54H32N4S/c1-3-15-35(16-4-1)45-32-46(37-24-23-33-13-7-8-17-36(33)29-37)56-54(55-45)58-47-22-12-11-21-40(47)41-27-28-49-51(53(41)58)44-30-48-43(31-50(44)59-49)42-26-25-34-14-9-10-20-39(34)52(42)57(48)38-18-5-2-6-19-38/h1-32H. The molecule has 13 rings (SSSR count). The molecule has 274 valence electrons. The van der Waals surface area contributed by atoms with Crippen molar-refractivity contribution in [3.63, 3.8) is 0 Å². The minimum Gasteiger partial charge on any atom is -0.309 e. The number of benzene rings is 9. The van der Waals surface area contributed by atoms with Crippen LogP contribution in [0.3, 0.4) is 0 Å². The van der Waals surface area contributed by atoms with Crippen LogP contribution in [0.15, 0.2) is 194 Å². The van der Waals surface area contributed by atoms with E-state index in [1.54, 1.807) is 0 Å². The van der Waals surface area contributed by atoms with Gasteiger partial charge in [-0.2, -0.15) is 0 Å². The lowest BCUT2D eigenvalue weighted by Gasteiger charge is -2.13. The predicted octanol–water partition coefficient (Wildman–Crippen LogP) is 14.7. The molecule has 0 amide bonds. The van der Waals surface area contributed by atoms with Gasteiger partial charge in [0.05, 0.1) is 33.5 Å². The van der Waals surface area contributed by atoms with E-state index in [9.17, 15) is 0 Å². The zero-order valence-corrected chi connectivity index (χ0v) is 32.5. The first-order valence-corrected chi connectivity index (χ1v) is 20.8. The Kier molecular flexibility index (Phi) is 6.85. The highest BCUT2D eigenvalue weighted by atomic mass is 32.1. The molecule has 0 radical (unpaired) electrons. The molecule has 0 aliphatic rings. The SMILES string of the molecule is c1ccc(-c2cc(-c3ccc4ccccc4c3)nc(-n3c4ccccc4c4ccc5sc6cc7c8ccc9ccccc9c8n(-c8ccccc8)c7cc6c5c43)n2)cc1. The van der Waals surface area contributed by atoms with Crippen molar-refractivity contribution in [3.05, 3.63) is 194 Å². The average molecular weight is 769 g/mol. The molecular formula is C54H32N4S. The number of aromatic nitrogens is 4. The number of rotatable bonds is 4. The monoisotopic (exact) mass is 768 g/mol. The summed E-state index contributed by atoms with van der Waals surface area (Å²) in [5, 5.41) is 12.2. The molecule has 4 nitrogen and oxygen atoms in total. The van der Waals surface area contributed by atoms with E-state index in [1.165, 1.54) is 74.3 Å². The topological polar surface area (TPSA) is 35.6 Å². The lowest BCUT2D eigenvalue weighted by Crippen LogP contribution is -2.04. The molecule has 4 aromatic heterocycles. The summed E-state index contributed by atoms with van der Waals surface area (Å²) < 4.78 is 7.28. The number of hydrogen-bond donors (Lipinski definition) is 0. The van der Waals surface area contributed by atoms with Crippen molar-refractivity contribution in [3.8, 4) is 34.2 Å². The van der Waals surface area contributed by atoms with Gasteiger partial charge < -0.3 is 4.57 Å². The van der Waals surface area contributed by atoms with Gasteiger partial charge in [-0.05, 0) is 64.7 Å². The number of para-hydroxylation sites is 2. The van der Waals surface area contributed by atoms with E-state index in [4.69, 9.17) is 9.97 Å². The third kappa shape index (κ3) is 4.83. The maximum absolute atomic E-state index is 5.46. The van der Waals surface area contributed by atoms with Crippen molar-refractivity contribution in [1.29, 1.82) is 0 Å². The first-order valence-electron chi connectivity index (χ1n) is 20.0. The van der Waals surface area contributed by atoms with Gasteiger partial charge in [-0.15, -0.1) is 11.3 Å². The minimum atomic E-state index is 0.651. The molecule has 0 bridgehead atoms. The Morgan fingerprint density at radius 3 is 1.86 bits per heavy atom. The van der Waals surface area contributed by atoms with Gasteiger partial charge in [0.25, 0.3) is 0 Å². The van der Waals surface area contributed by atoms with Crippen molar-refractivity contribution < 1.29 is 0 Å². The molecule has 4 heterocycles. The van der Waals surface area contributed by atoms with Crippen LogP contribution in [0, 0.1) is 0 Å². The van der Waals surface area contributed by atoms with Crippen molar-refractivity contribution >= 4 is 96.7 Å². The van der Waals surface area contributed by atoms with E-state index in [2.05, 4.69) is 203 Å². The van der Waals surface area contributed by atoms with Crippen LogP contribution in [0.1, 0.15) is 0 Å². The van der Waals surface area contributed by atoms with Crippen molar-refractivity contribution in [1.82, 2.24) is 19.1 Å². The Morgan fingerprint density at radius 1 is 0.356 bits per heavy atom. The fourth-order valence-corrected chi connectivity index (χ4v) is 10.6. The Labute approximate surface area is 342 Å². The molecule has 9 aromatic carbocycles. The van der Waals surface area contributed by atoms with Gasteiger partial charge in [-0.25, -0.2) is 9.97 Å². The summed E-state index contributed by atoms with van der Waals surface area (Å²) in [4.78, 5) is 10.9. The van der Waals surface area contributed by atoms with E-state index in [1.807, 2.05) is 11.3 Å². The Bertz CT molecular complexity index is 3840. The predicted molar refractivity (Wildman–Crippen MR) is 249 cm³/mol. The molecule has 5 heteroatoms. The third-order valence-corrected chi connectivity index (χ3v) is 13.2. The highest BCUT2D eigenvalue weighted by Gasteiger charge is 2.23. The van der Waals surface area contributed by atoms with E-state index in [0.717, 1.165) is 39.2 Å². The van der Waals surface area contributed by atoms with E-state index < -0.39 is 0 Å².